The van der Waals surface area contributed by atoms with Crippen LogP contribution in [0.2, 0.25) is 0 Å². The summed E-state index contributed by atoms with van der Waals surface area (Å²) in [6.07, 6.45) is 2.76. The van der Waals surface area contributed by atoms with Crippen molar-refractivity contribution in [3.8, 4) is 5.75 Å². The van der Waals surface area contributed by atoms with E-state index in [1.54, 1.807) is 13.2 Å². The Kier molecular flexibility index (Phi) is 7.01. The Bertz CT molecular complexity index is 1090. The smallest absolute Gasteiger partial charge is 0.249 e. The molecule has 1 unspecified atom stereocenters. The van der Waals surface area contributed by atoms with E-state index in [1.807, 2.05) is 47.0 Å². The molecule has 0 radical (unpaired) electrons. The van der Waals surface area contributed by atoms with E-state index in [2.05, 4.69) is 10.6 Å². The lowest BCUT2D eigenvalue weighted by Gasteiger charge is -2.12. The number of hydrogen-bond donors (Lipinski definition) is 2. The Morgan fingerprint density at radius 2 is 2.09 bits per heavy atom. The molecule has 8 nitrogen and oxygen atoms in total. The maximum atomic E-state index is 12.8. The summed E-state index contributed by atoms with van der Waals surface area (Å²) < 4.78 is 12.6. The van der Waals surface area contributed by atoms with Crippen molar-refractivity contribution in [2.75, 3.05) is 25.6 Å². The van der Waals surface area contributed by atoms with Crippen LogP contribution in [0.15, 0.2) is 48.5 Å². The lowest BCUT2D eigenvalue weighted by molar-refractivity contribution is -0.130. The number of imidazole rings is 1. The zero-order chi connectivity index (χ0) is 22.3. The summed E-state index contributed by atoms with van der Waals surface area (Å²) in [5.41, 5.74) is 2.43. The summed E-state index contributed by atoms with van der Waals surface area (Å²) in [7, 11) is 1.59. The number of methoxy groups -OCH3 is 1. The number of benzene rings is 2. The van der Waals surface area contributed by atoms with Crippen LogP contribution in [-0.2, 0) is 27.3 Å². The third-order valence-electron chi connectivity index (χ3n) is 5.49. The molecule has 1 fully saturated rings. The first-order chi connectivity index (χ1) is 15.6. The van der Waals surface area contributed by atoms with Crippen molar-refractivity contribution in [2.24, 2.45) is 0 Å². The summed E-state index contributed by atoms with van der Waals surface area (Å²) in [6, 6.07) is 15.0. The van der Waals surface area contributed by atoms with Crippen LogP contribution in [0.3, 0.4) is 0 Å². The molecule has 32 heavy (non-hydrogen) atoms. The summed E-state index contributed by atoms with van der Waals surface area (Å²) in [5.74, 6) is 1.31. The summed E-state index contributed by atoms with van der Waals surface area (Å²) in [6.45, 7) is 1.34. The van der Waals surface area contributed by atoms with E-state index in [1.165, 1.54) is 0 Å². The summed E-state index contributed by atoms with van der Waals surface area (Å²) in [5, 5.41) is 5.86. The number of hydrogen-bond acceptors (Lipinski definition) is 5. The molecule has 2 heterocycles. The largest absolute Gasteiger partial charge is 0.497 e. The normalized spacial score (nSPS) is 15.6. The monoisotopic (exact) mass is 436 g/mol. The fraction of sp³-hybridized carbons (Fsp3) is 0.375. The van der Waals surface area contributed by atoms with E-state index >= 15 is 0 Å². The third kappa shape index (κ3) is 5.26. The average molecular weight is 437 g/mol. The predicted octanol–water partition coefficient (Wildman–Crippen LogP) is 2.91. The number of aromatic nitrogens is 2. The SMILES string of the molecule is COc1cccc(NC(=O)Cn2c(CCCNC(=O)C3CCCO3)nc3ccccc32)c1. The number of rotatable bonds is 9. The molecule has 1 aromatic heterocycles. The summed E-state index contributed by atoms with van der Waals surface area (Å²) >= 11 is 0. The first-order valence-corrected chi connectivity index (χ1v) is 10.9. The van der Waals surface area contributed by atoms with Gasteiger partial charge in [0.1, 0.15) is 24.2 Å². The van der Waals surface area contributed by atoms with Crippen LogP contribution in [0.25, 0.3) is 11.0 Å². The third-order valence-corrected chi connectivity index (χ3v) is 5.49. The second-order valence-electron chi connectivity index (χ2n) is 7.78. The van der Waals surface area contributed by atoms with Crippen molar-refractivity contribution in [3.63, 3.8) is 0 Å². The van der Waals surface area contributed by atoms with E-state index in [0.717, 1.165) is 36.1 Å². The van der Waals surface area contributed by atoms with Gasteiger partial charge in [0, 0.05) is 31.3 Å². The zero-order valence-corrected chi connectivity index (χ0v) is 18.2. The number of aryl methyl sites for hydroxylation is 1. The highest BCUT2D eigenvalue weighted by Crippen LogP contribution is 2.19. The molecule has 8 heteroatoms. The van der Waals surface area contributed by atoms with Gasteiger partial charge in [0.25, 0.3) is 0 Å². The van der Waals surface area contributed by atoms with Crippen LogP contribution in [-0.4, -0.2) is 47.7 Å². The minimum absolute atomic E-state index is 0.0475. The van der Waals surface area contributed by atoms with Crippen molar-refractivity contribution in [1.29, 1.82) is 0 Å². The van der Waals surface area contributed by atoms with Crippen LogP contribution in [0, 0.1) is 0 Å². The molecule has 0 saturated carbocycles. The first-order valence-electron chi connectivity index (χ1n) is 10.9. The number of carbonyl (C=O) groups excluding carboxylic acids is 2. The van der Waals surface area contributed by atoms with Gasteiger partial charge < -0.3 is 24.7 Å². The van der Waals surface area contributed by atoms with Crippen molar-refractivity contribution < 1.29 is 19.1 Å². The van der Waals surface area contributed by atoms with E-state index in [9.17, 15) is 9.59 Å². The fourth-order valence-corrected chi connectivity index (χ4v) is 3.89. The lowest BCUT2D eigenvalue weighted by Crippen LogP contribution is -2.34. The molecule has 3 aromatic rings. The van der Waals surface area contributed by atoms with Crippen molar-refractivity contribution >= 4 is 28.5 Å². The number of anilines is 1. The second kappa shape index (κ2) is 10.3. The van der Waals surface area contributed by atoms with Gasteiger partial charge in [0.2, 0.25) is 11.8 Å². The van der Waals surface area contributed by atoms with Gasteiger partial charge in [-0.2, -0.15) is 0 Å². The minimum atomic E-state index is -0.320. The topological polar surface area (TPSA) is 94.5 Å². The molecular formula is C24H28N4O4. The highest BCUT2D eigenvalue weighted by atomic mass is 16.5. The van der Waals surface area contributed by atoms with E-state index in [4.69, 9.17) is 14.5 Å². The van der Waals surface area contributed by atoms with Gasteiger partial charge >= 0.3 is 0 Å². The molecule has 2 N–H and O–H groups in total. The molecule has 0 aliphatic carbocycles. The van der Waals surface area contributed by atoms with E-state index in [-0.39, 0.29) is 24.5 Å². The Morgan fingerprint density at radius 3 is 2.91 bits per heavy atom. The molecule has 168 valence electrons. The highest BCUT2D eigenvalue weighted by Gasteiger charge is 2.23. The second-order valence-corrected chi connectivity index (χ2v) is 7.78. The standard InChI is InChI=1S/C24H28N4O4/c1-31-18-8-4-7-17(15-18)26-23(29)16-28-20-10-3-2-9-19(20)27-22(28)12-5-13-25-24(30)21-11-6-14-32-21/h2-4,7-10,15,21H,5-6,11-14,16H2,1H3,(H,25,30)(H,26,29). The minimum Gasteiger partial charge on any atom is -0.497 e. The Hall–Kier alpha value is -3.39. The highest BCUT2D eigenvalue weighted by molar-refractivity contribution is 5.92. The van der Waals surface area contributed by atoms with Crippen molar-refractivity contribution in [1.82, 2.24) is 14.9 Å². The number of ether oxygens (including phenoxy) is 2. The molecule has 4 rings (SSSR count). The van der Waals surface area contributed by atoms with Crippen LogP contribution < -0.4 is 15.4 Å². The molecule has 0 bridgehead atoms. The molecular weight excluding hydrogens is 408 g/mol. The molecule has 2 amide bonds. The Morgan fingerprint density at radius 1 is 1.22 bits per heavy atom. The van der Waals surface area contributed by atoms with Gasteiger partial charge in [0.05, 0.1) is 18.1 Å². The van der Waals surface area contributed by atoms with Crippen molar-refractivity contribution in [2.45, 2.75) is 38.3 Å². The van der Waals surface area contributed by atoms with Gasteiger partial charge in [-0.1, -0.05) is 18.2 Å². The predicted molar refractivity (Wildman–Crippen MR) is 122 cm³/mol. The van der Waals surface area contributed by atoms with Crippen LogP contribution in [0.4, 0.5) is 5.69 Å². The van der Waals surface area contributed by atoms with E-state index in [0.29, 0.717) is 31.0 Å². The molecule has 0 spiro atoms. The van der Waals surface area contributed by atoms with Crippen molar-refractivity contribution in [3.05, 3.63) is 54.4 Å². The summed E-state index contributed by atoms with van der Waals surface area (Å²) in [4.78, 5) is 29.6. The number of fused-ring (bicyclic) bond motifs is 1. The van der Waals surface area contributed by atoms with Gasteiger partial charge in [-0.25, -0.2) is 4.98 Å². The molecule has 1 saturated heterocycles. The maximum Gasteiger partial charge on any atom is 0.249 e. The number of amides is 2. The van der Waals surface area contributed by atoms with Crippen LogP contribution in [0.1, 0.15) is 25.1 Å². The Labute approximate surface area is 186 Å². The fourth-order valence-electron chi connectivity index (χ4n) is 3.89. The van der Waals surface area contributed by atoms with Gasteiger partial charge in [-0.15, -0.1) is 0 Å². The maximum absolute atomic E-state index is 12.8. The van der Waals surface area contributed by atoms with E-state index < -0.39 is 0 Å². The number of nitrogens with zero attached hydrogens (tertiary/aromatic N) is 2. The lowest BCUT2D eigenvalue weighted by atomic mass is 10.2. The van der Waals surface area contributed by atoms with Gasteiger partial charge in [-0.3, -0.25) is 9.59 Å². The number of nitrogens with one attached hydrogen (secondary N) is 2. The molecule has 1 atom stereocenters. The number of carbonyl (C=O) groups is 2. The zero-order valence-electron chi connectivity index (χ0n) is 18.2. The quantitative estimate of drug-likeness (QED) is 0.503. The molecule has 1 aliphatic heterocycles. The van der Waals surface area contributed by atoms with Gasteiger partial charge in [-0.05, 0) is 43.5 Å². The Balaban J connectivity index is 1.40. The van der Waals surface area contributed by atoms with Crippen LogP contribution >= 0.6 is 0 Å². The average Bonchev–Trinajstić information content (AvgIpc) is 3.46. The van der Waals surface area contributed by atoms with Crippen LogP contribution in [0.5, 0.6) is 5.75 Å². The molecule has 2 aromatic carbocycles. The van der Waals surface area contributed by atoms with Gasteiger partial charge in [0.15, 0.2) is 0 Å². The molecule has 1 aliphatic rings. The first kappa shape index (κ1) is 21.8. The number of para-hydroxylation sites is 2.